The molecule has 0 heterocycles. The van der Waals surface area contributed by atoms with Crippen molar-refractivity contribution in [3.05, 3.63) is 0 Å². The average molecular weight is 184 g/mol. The predicted molar refractivity (Wildman–Crippen MR) is 53.7 cm³/mol. The van der Waals surface area contributed by atoms with Crippen molar-refractivity contribution in [2.45, 2.75) is 45.1 Å². The third-order valence-electron chi connectivity index (χ3n) is 2.35. The molecule has 0 atom stereocenters. The highest BCUT2D eigenvalue weighted by molar-refractivity contribution is 5.74. The molecule has 1 aliphatic carbocycles. The number of nitrogens with zero attached hydrogens (tertiary/aromatic N) is 1. The number of rotatable bonds is 5. The summed E-state index contributed by atoms with van der Waals surface area (Å²) in [6.07, 6.45) is 5.85. The molecule has 1 fully saturated rings. The second kappa shape index (κ2) is 5.10. The quantitative estimate of drug-likeness (QED) is 0.651. The Morgan fingerprint density at radius 2 is 2.15 bits per heavy atom. The summed E-state index contributed by atoms with van der Waals surface area (Å²) in [7, 11) is 1.87. The van der Waals surface area contributed by atoms with Gasteiger partial charge in [0.2, 0.25) is 0 Å². The van der Waals surface area contributed by atoms with E-state index in [1.807, 2.05) is 7.05 Å². The van der Waals surface area contributed by atoms with Crippen LogP contribution >= 0.6 is 0 Å². The van der Waals surface area contributed by atoms with Gasteiger partial charge >= 0.3 is 6.03 Å². The smallest absolute Gasteiger partial charge is 0.317 e. The van der Waals surface area contributed by atoms with E-state index in [1.165, 1.54) is 12.8 Å². The Kier molecular flexibility index (Phi) is 4.06. The van der Waals surface area contributed by atoms with Crippen LogP contribution in [-0.2, 0) is 0 Å². The fourth-order valence-corrected chi connectivity index (χ4v) is 1.21. The van der Waals surface area contributed by atoms with Crippen LogP contribution in [0.1, 0.15) is 39.0 Å². The molecule has 1 aliphatic rings. The molecule has 0 aromatic rings. The van der Waals surface area contributed by atoms with Crippen LogP contribution in [0, 0.1) is 0 Å². The van der Waals surface area contributed by atoms with Crippen LogP contribution in [0.2, 0.25) is 0 Å². The zero-order chi connectivity index (χ0) is 9.68. The molecule has 0 spiro atoms. The topological polar surface area (TPSA) is 32.3 Å². The van der Waals surface area contributed by atoms with Gasteiger partial charge in [-0.25, -0.2) is 4.79 Å². The van der Waals surface area contributed by atoms with Crippen LogP contribution < -0.4 is 5.32 Å². The van der Waals surface area contributed by atoms with Gasteiger partial charge in [0.1, 0.15) is 0 Å². The van der Waals surface area contributed by atoms with E-state index in [4.69, 9.17) is 0 Å². The van der Waals surface area contributed by atoms with Gasteiger partial charge < -0.3 is 10.2 Å². The first-order valence-corrected chi connectivity index (χ1v) is 5.25. The third-order valence-corrected chi connectivity index (χ3v) is 2.35. The highest BCUT2D eigenvalue weighted by Gasteiger charge is 2.24. The first-order chi connectivity index (χ1) is 6.24. The summed E-state index contributed by atoms with van der Waals surface area (Å²) in [6.45, 7) is 3.05. The van der Waals surface area contributed by atoms with E-state index >= 15 is 0 Å². The number of unbranched alkanes of at least 4 members (excludes halogenated alkanes) is 2. The van der Waals surface area contributed by atoms with Gasteiger partial charge in [-0.05, 0) is 19.3 Å². The van der Waals surface area contributed by atoms with E-state index in [2.05, 4.69) is 12.2 Å². The fraction of sp³-hybridized carbons (Fsp3) is 0.900. The average Bonchev–Trinajstić information content (AvgIpc) is 2.88. The molecule has 2 amide bonds. The molecule has 3 nitrogen and oxygen atoms in total. The molecule has 1 rings (SSSR count). The number of hydrogen-bond acceptors (Lipinski definition) is 1. The van der Waals surface area contributed by atoms with Crippen molar-refractivity contribution in [2.24, 2.45) is 0 Å². The van der Waals surface area contributed by atoms with Crippen molar-refractivity contribution >= 4 is 6.03 Å². The summed E-state index contributed by atoms with van der Waals surface area (Å²) in [5.74, 6) is 0. The van der Waals surface area contributed by atoms with E-state index in [1.54, 1.807) is 4.90 Å². The maximum Gasteiger partial charge on any atom is 0.317 e. The Morgan fingerprint density at radius 3 is 2.69 bits per heavy atom. The molecule has 0 unspecified atom stereocenters. The summed E-state index contributed by atoms with van der Waals surface area (Å²) >= 11 is 0. The van der Waals surface area contributed by atoms with Gasteiger partial charge in [-0.2, -0.15) is 0 Å². The van der Waals surface area contributed by atoms with Gasteiger partial charge in [0.05, 0.1) is 0 Å². The summed E-state index contributed by atoms with van der Waals surface area (Å²) in [5, 5.41) is 2.97. The minimum atomic E-state index is 0.0959. The number of carbonyl (C=O) groups excluding carboxylic acids is 1. The fourth-order valence-electron chi connectivity index (χ4n) is 1.21. The van der Waals surface area contributed by atoms with Crippen molar-refractivity contribution in [1.29, 1.82) is 0 Å². The molecule has 1 saturated carbocycles. The summed E-state index contributed by atoms with van der Waals surface area (Å²) < 4.78 is 0. The van der Waals surface area contributed by atoms with Crippen molar-refractivity contribution in [3.63, 3.8) is 0 Å². The standard InChI is InChI=1S/C10H20N2O/c1-3-4-5-8-12(2)10(13)11-9-6-7-9/h9H,3-8H2,1-2H3,(H,11,13). The van der Waals surface area contributed by atoms with Gasteiger partial charge in [0.25, 0.3) is 0 Å². The number of urea groups is 1. The second-order valence-electron chi connectivity index (χ2n) is 3.85. The second-order valence-corrected chi connectivity index (χ2v) is 3.85. The summed E-state index contributed by atoms with van der Waals surface area (Å²) in [4.78, 5) is 13.2. The molecule has 0 aromatic heterocycles. The van der Waals surface area contributed by atoms with Crippen LogP contribution in [0.4, 0.5) is 4.79 Å². The number of amides is 2. The molecular weight excluding hydrogens is 164 g/mol. The maximum atomic E-state index is 11.4. The summed E-state index contributed by atoms with van der Waals surface area (Å²) in [5.41, 5.74) is 0. The number of nitrogens with one attached hydrogen (secondary N) is 1. The molecular formula is C10H20N2O. The Labute approximate surface area is 80.5 Å². The lowest BCUT2D eigenvalue weighted by Gasteiger charge is -2.17. The van der Waals surface area contributed by atoms with Crippen LogP contribution in [0.3, 0.4) is 0 Å². The zero-order valence-electron chi connectivity index (χ0n) is 8.68. The molecule has 3 heteroatoms. The van der Waals surface area contributed by atoms with E-state index in [0.29, 0.717) is 6.04 Å². The lowest BCUT2D eigenvalue weighted by atomic mass is 10.2. The first-order valence-electron chi connectivity index (χ1n) is 5.25. The van der Waals surface area contributed by atoms with Gasteiger partial charge in [-0.1, -0.05) is 19.8 Å². The minimum absolute atomic E-state index is 0.0959. The monoisotopic (exact) mass is 184 g/mol. The Balaban J connectivity index is 2.05. The third kappa shape index (κ3) is 4.15. The van der Waals surface area contributed by atoms with E-state index in [9.17, 15) is 4.79 Å². The van der Waals surface area contributed by atoms with Crippen LogP contribution in [-0.4, -0.2) is 30.6 Å². The Bertz CT molecular complexity index is 166. The molecule has 1 N–H and O–H groups in total. The van der Waals surface area contributed by atoms with Crippen molar-refractivity contribution in [1.82, 2.24) is 10.2 Å². The van der Waals surface area contributed by atoms with E-state index < -0.39 is 0 Å². The lowest BCUT2D eigenvalue weighted by molar-refractivity contribution is 0.207. The van der Waals surface area contributed by atoms with Gasteiger partial charge in [0, 0.05) is 19.6 Å². The highest BCUT2D eigenvalue weighted by Crippen LogP contribution is 2.18. The van der Waals surface area contributed by atoms with Crippen molar-refractivity contribution < 1.29 is 4.79 Å². The van der Waals surface area contributed by atoms with Gasteiger partial charge in [0.15, 0.2) is 0 Å². The first kappa shape index (κ1) is 10.4. The molecule has 0 radical (unpaired) electrons. The van der Waals surface area contributed by atoms with Crippen LogP contribution in [0.25, 0.3) is 0 Å². The normalized spacial score (nSPS) is 15.5. The van der Waals surface area contributed by atoms with Crippen LogP contribution in [0.5, 0.6) is 0 Å². The van der Waals surface area contributed by atoms with Crippen molar-refractivity contribution in [2.75, 3.05) is 13.6 Å². The Hall–Kier alpha value is -0.730. The number of carbonyl (C=O) groups is 1. The largest absolute Gasteiger partial charge is 0.335 e. The minimum Gasteiger partial charge on any atom is -0.335 e. The van der Waals surface area contributed by atoms with Gasteiger partial charge in [-0.15, -0.1) is 0 Å². The van der Waals surface area contributed by atoms with Crippen molar-refractivity contribution in [3.8, 4) is 0 Å². The van der Waals surface area contributed by atoms with Gasteiger partial charge in [-0.3, -0.25) is 0 Å². The zero-order valence-corrected chi connectivity index (χ0v) is 8.68. The molecule has 0 saturated heterocycles. The number of hydrogen-bond donors (Lipinski definition) is 1. The van der Waals surface area contributed by atoms with Crippen LogP contribution in [0.15, 0.2) is 0 Å². The SMILES string of the molecule is CCCCCN(C)C(=O)NC1CC1. The molecule has 0 bridgehead atoms. The Morgan fingerprint density at radius 1 is 1.46 bits per heavy atom. The molecule has 76 valence electrons. The predicted octanol–water partition coefficient (Wildman–Crippen LogP) is 1.98. The lowest BCUT2D eigenvalue weighted by Crippen LogP contribution is -2.38. The summed E-state index contributed by atoms with van der Waals surface area (Å²) in [6, 6.07) is 0.569. The highest BCUT2D eigenvalue weighted by atomic mass is 16.2. The molecule has 0 aromatic carbocycles. The maximum absolute atomic E-state index is 11.4. The molecule has 13 heavy (non-hydrogen) atoms. The van der Waals surface area contributed by atoms with E-state index in [0.717, 1.165) is 25.8 Å². The molecule has 0 aliphatic heterocycles. The van der Waals surface area contributed by atoms with E-state index in [-0.39, 0.29) is 6.03 Å².